The molecule has 5 nitrogen and oxygen atoms in total. The Balaban J connectivity index is 1.56. The fourth-order valence-electron chi connectivity index (χ4n) is 2.73. The molecule has 1 aromatic carbocycles. The summed E-state index contributed by atoms with van der Waals surface area (Å²) in [6, 6.07) is 4.41. The van der Waals surface area contributed by atoms with Crippen LogP contribution in [0.15, 0.2) is 43.0 Å². The van der Waals surface area contributed by atoms with Gasteiger partial charge in [0.15, 0.2) is 5.13 Å². The van der Waals surface area contributed by atoms with Crippen LogP contribution in [0.2, 0.25) is 0 Å². The Morgan fingerprint density at radius 2 is 2.00 bits per heavy atom. The molecule has 0 unspecified atom stereocenters. The number of rotatable bonds is 3. The highest BCUT2D eigenvalue weighted by atomic mass is 32.1. The second-order valence-corrected chi connectivity index (χ2v) is 6.77. The van der Waals surface area contributed by atoms with Crippen LogP contribution in [-0.2, 0) is 19.3 Å². The van der Waals surface area contributed by atoms with E-state index in [1.807, 2.05) is 4.90 Å². The summed E-state index contributed by atoms with van der Waals surface area (Å²) < 4.78 is 38.5. The van der Waals surface area contributed by atoms with E-state index in [9.17, 15) is 18.0 Å². The third kappa shape index (κ3) is 3.05. The second-order valence-electron chi connectivity index (χ2n) is 5.77. The fraction of sp³-hybridized carbons (Fsp3) is 0.176. The van der Waals surface area contributed by atoms with Crippen molar-refractivity contribution in [2.75, 3.05) is 4.90 Å². The van der Waals surface area contributed by atoms with E-state index in [0.717, 1.165) is 34.7 Å². The maximum Gasteiger partial charge on any atom is 0.416 e. The Bertz CT molecular complexity index is 961. The van der Waals surface area contributed by atoms with E-state index in [4.69, 9.17) is 0 Å². The SMILES string of the molecule is O=C(c1cccc(C(F)(F)F)c1)c1cnc(N2Cc3cncnc3C2)s1. The van der Waals surface area contributed by atoms with Crippen molar-refractivity contribution in [1.82, 2.24) is 15.0 Å². The number of hydrogen-bond acceptors (Lipinski definition) is 6. The number of benzene rings is 1. The number of alkyl halides is 3. The van der Waals surface area contributed by atoms with E-state index in [0.29, 0.717) is 23.1 Å². The maximum atomic E-state index is 12.8. The van der Waals surface area contributed by atoms with Crippen LogP contribution in [0.1, 0.15) is 32.1 Å². The average Bonchev–Trinajstić information content (AvgIpc) is 3.27. The van der Waals surface area contributed by atoms with Gasteiger partial charge >= 0.3 is 6.18 Å². The largest absolute Gasteiger partial charge is 0.416 e. The van der Waals surface area contributed by atoms with Crippen molar-refractivity contribution in [1.29, 1.82) is 0 Å². The van der Waals surface area contributed by atoms with Gasteiger partial charge in [-0.1, -0.05) is 23.5 Å². The number of ketones is 1. The van der Waals surface area contributed by atoms with Crippen molar-refractivity contribution in [2.45, 2.75) is 19.3 Å². The summed E-state index contributed by atoms with van der Waals surface area (Å²) in [7, 11) is 0. The molecular formula is C17H11F3N4OS. The first-order valence-corrected chi connectivity index (χ1v) is 8.44. The zero-order valence-electron chi connectivity index (χ0n) is 13.2. The van der Waals surface area contributed by atoms with Gasteiger partial charge in [-0.3, -0.25) is 4.79 Å². The average molecular weight is 376 g/mol. The van der Waals surface area contributed by atoms with E-state index in [1.54, 1.807) is 6.20 Å². The van der Waals surface area contributed by atoms with Gasteiger partial charge in [-0.15, -0.1) is 0 Å². The number of hydrogen-bond donors (Lipinski definition) is 0. The highest BCUT2D eigenvalue weighted by molar-refractivity contribution is 7.17. The number of anilines is 1. The minimum Gasteiger partial charge on any atom is -0.338 e. The minimum absolute atomic E-state index is 0.00870. The molecule has 0 saturated heterocycles. The molecule has 3 aromatic rings. The van der Waals surface area contributed by atoms with E-state index >= 15 is 0 Å². The molecule has 0 bridgehead atoms. The Morgan fingerprint density at radius 1 is 1.15 bits per heavy atom. The first-order chi connectivity index (χ1) is 12.4. The number of nitrogens with zero attached hydrogens (tertiary/aromatic N) is 4. The molecule has 4 rings (SSSR count). The maximum absolute atomic E-state index is 12.8. The molecule has 3 heterocycles. The molecule has 0 fully saturated rings. The molecule has 9 heteroatoms. The quantitative estimate of drug-likeness (QED) is 0.653. The summed E-state index contributed by atoms with van der Waals surface area (Å²) >= 11 is 1.15. The standard InChI is InChI=1S/C17H11F3N4OS/c18-17(19,20)12-3-1-2-10(4-12)15(25)14-6-22-16(26-14)24-7-11-5-21-9-23-13(11)8-24/h1-6,9H,7-8H2. The van der Waals surface area contributed by atoms with E-state index in [-0.39, 0.29) is 5.56 Å². The van der Waals surface area contributed by atoms with Gasteiger partial charge in [0, 0.05) is 23.9 Å². The van der Waals surface area contributed by atoms with Crippen LogP contribution in [-0.4, -0.2) is 20.7 Å². The number of carbonyl (C=O) groups excluding carboxylic acids is 1. The highest BCUT2D eigenvalue weighted by Gasteiger charge is 2.31. The zero-order chi connectivity index (χ0) is 18.3. The topological polar surface area (TPSA) is 59.0 Å². The minimum atomic E-state index is -4.49. The molecule has 132 valence electrons. The third-order valence-corrected chi connectivity index (χ3v) is 5.08. The molecule has 0 atom stereocenters. The van der Waals surface area contributed by atoms with Crippen LogP contribution in [0.4, 0.5) is 18.3 Å². The molecule has 26 heavy (non-hydrogen) atoms. The van der Waals surface area contributed by atoms with E-state index < -0.39 is 17.5 Å². The van der Waals surface area contributed by atoms with E-state index in [1.165, 1.54) is 24.7 Å². The Morgan fingerprint density at radius 3 is 2.77 bits per heavy atom. The van der Waals surface area contributed by atoms with Crippen LogP contribution in [0.5, 0.6) is 0 Å². The Kier molecular flexibility index (Phi) is 3.95. The Labute approximate surface area is 150 Å². The van der Waals surface area contributed by atoms with Gasteiger partial charge in [-0.05, 0) is 12.1 Å². The number of carbonyl (C=O) groups is 1. The predicted molar refractivity (Wildman–Crippen MR) is 88.9 cm³/mol. The summed E-state index contributed by atoms with van der Waals surface area (Å²) in [6.07, 6.45) is 0.131. The lowest BCUT2D eigenvalue weighted by molar-refractivity contribution is -0.137. The van der Waals surface area contributed by atoms with Gasteiger partial charge in [0.2, 0.25) is 5.78 Å². The molecule has 0 radical (unpaired) electrons. The van der Waals surface area contributed by atoms with Crippen molar-refractivity contribution >= 4 is 22.3 Å². The van der Waals surface area contributed by atoms with Crippen LogP contribution in [0.3, 0.4) is 0 Å². The third-order valence-electron chi connectivity index (χ3n) is 4.02. The molecule has 0 amide bonds. The summed E-state index contributed by atoms with van der Waals surface area (Å²) in [5, 5.41) is 0.623. The summed E-state index contributed by atoms with van der Waals surface area (Å²) in [4.78, 5) is 27.2. The van der Waals surface area contributed by atoms with Crippen LogP contribution >= 0.6 is 11.3 Å². The summed E-state index contributed by atoms with van der Waals surface area (Å²) in [6.45, 7) is 1.14. The van der Waals surface area contributed by atoms with Crippen molar-refractivity contribution in [3.8, 4) is 0 Å². The van der Waals surface area contributed by atoms with Gasteiger partial charge in [-0.25, -0.2) is 15.0 Å². The van der Waals surface area contributed by atoms with Crippen molar-refractivity contribution < 1.29 is 18.0 Å². The number of thiazole rings is 1. The molecule has 2 aromatic heterocycles. The first-order valence-electron chi connectivity index (χ1n) is 7.62. The molecule has 0 spiro atoms. The van der Waals surface area contributed by atoms with Crippen LogP contribution < -0.4 is 4.90 Å². The van der Waals surface area contributed by atoms with E-state index in [2.05, 4.69) is 15.0 Å². The van der Waals surface area contributed by atoms with Gasteiger partial charge in [-0.2, -0.15) is 13.2 Å². The monoisotopic (exact) mass is 376 g/mol. The van der Waals surface area contributed by atoms with Crippen LogP contribution in [0.25, 0.3) is 0 Å². The highest BCUT2D eigenvalue weighted by Crippen LogP contribution is 2.33. The molecule has 0 saturated carbocycles. The number of halogens is 3. The summed E-state index contributed by atoms with van der Waals surface area (Å²) in [5.41, 5.74) is 1.04. The van der Waals surface area contributed by atoms with Gasteiger partial charge in [0.05, 0.1) is 28.9 Å². The van der Waals surface area contributed by atoms with Gasteiger partial charge in [0.25, 0.3) is 0 Å². The van der Waals surface area contributed by atoms with Crippen molar-refractivity contribution in [3.05, 3.63) is 70.2 Å². The number of aromatic nitrogens is 3. The second kappa shape index (κ2) is 6.17. The predicted octanol–water partition coefficient (Wildman–Crippen LogP) is 3.70. The first kappa shape index (κ1) is 16.6. The smallest absolute Gasteiger partial charge is 0.338 e. The normalized spacial score (nSPS) is 13.7. The lowest BCUT2D eigenvalue weighted by Crippen LogP contribution is -2.14. The molecule has 0 N–H and O–H groups in total. The molecule has 0 aliphatic carbocycles. The molecule has 1 aliphatic rings. The van der Waals surface area contributed by atoms with Crippen molar-refractivity contribution in [2.24, 2.45) is 0 Å². The summed E-state index contributed by atoms with van der Waals surface area (Å²) in [5.74, 6) is -0.476. The van der Waals surface area contributed by atoms with Gasteiger partial charge < -0.3 is 4.90 Å². The van der Waals surface area contributed by atoms with Crippen molar-refractivity contribution in [3.63, 3.8) is 0 Å². The number of fused-ring (bicyclic) bond motifs is 1. The molecular weight excluding hydrogens is 365 g/mol. The lowest BCUT2D eigenvalue weighted by Gasteiger charge is -2.12. The zero-order valence-corrected chi connectivity index (χ0v) is 14.0. The van der Waals surface area contributed by atoms with Crippen LogP contribution in [0, 0.1) is 0 Å². The lowest BCUT2D eigenvalue weighted by atomic mass is 10.1. The fourth-order valence-corrected chi connectivity index (χ4v) is 3.61. The molecule has 1 aliphatic heterocycles. The Hall–Kier alpha value is -2.81. The van der Waals surface area contributed by atoms with Gasteiger partial charge in [0.1, 0.15) is 6.33 Å².